The Bertz CT molecular complexity index is 2430. The molecule has 0 aliphatic heterocycles. The van der Waals surface area contributed by atoms with Crippen LogP contribution in [0.1, 0.15) is 73.4 Å². The molecule has 0 radical (unpaired) electrons. The van der Waals surface area contributed by atoms with Crippen molar-refractivity contribution < 1.29 is 19.1 Å². The molecule has 4 heterocycles. The number of carbonyl (C=O) groups excluding carboxylic acids is 2. The van der Waals surface area contributed by atoms with Crippen LogP contribution in [0, 0.1) is 10.8 Å². The van der Waals surface area contributed by atoms with Crippen molar-refractivity contribution in [1.29, 1.82) is 0 Å². The molecular formula is C47H64N8O4Si2. The molecular weight excluding hydrogens is 797 g/mol. The van der Waals surface area contributed by atoms with Crippen LogP contribution in [0.4, 0.5) is 11.6 Å². The smallest absolute Gasteiger partial charge is 0.171 e. The predicted octanol–water partition coefficient (Wildman–Crippen LogP) is 10.7. The normalized spacial score (nSPS) is 12.3. The fourth-order valence-electron chi connectivity index (χ4n) is 6.18. The number of carbonyl (C=O) groups is 2. The van der Waals surface area contributed by atoms with Crippen LogP contribution in [0.15, 0.2) is 90.4 Å². The molecule has 0 amide bonds. The second-order valence-electron chi connectivity index (χ2n) is 19.9. The molecule has 0 unspecified atom stereocenters. The summed E-state index contributed by atoms with van der Waals surface area (Å²) in [6.45, 7) is 27.4. The number of aromatic nitrogens is 6. The topological polar surface area (TPSA) is 152 Å². The van der Waals surface area contributed by atoms with Gasteiger partial charge in [-0.2, -0.15) is 0 Å². The number of rotatable bonds is 15. The number of Topliss-reactive ketones (excluding diaryl/α,β-unsaturated/α-hetero) is 2. The standard InChI is InChI=1S/C30H36N4O2Si.C17H28N4O2Si/c1-30(2,3)28(35)24-20-34(21-36-17-18-37(4,5)6)29-27(24)33-25(19-31-29)32-26(22-13-9-7-10-14-22)23-15-11-8-12-16-23;1-17(2,3)15(22)12-10-21(11-23-7-8-24(4,5)6)16-14(12)20-13(18)9-19-16/h7-16,19-20H,17-18,21H2,1-6H3;9-10H,7-8,11H2,1-6H3,(H2,18,20). The molecule has 6 aromatic rings. The first kappa shape index (κ1) is 46.9. The highest BCUT2D eigenvalue weighted by Crippen LogP contribution is 2.30. The zero-order chi connectivity index (χ0) is 44.8. The van der Waals surface area contributed by atoms with Gasteiger partial charge in [0.05, 0.1) is 29.2 Å². The van der Waals surface area contributed by atoms with E-state index in [4.69, 9.17) is 30.2 Å². The third-order valence-electron chi connectivity index (χ3n) is 9.76. The van der Waals surface area contributed by atoms with Crippen LogP contribution in [0.2, 0.25) is 51.4 Å². The van der Waals surface area contributed by atoms with Gasteiger partial charge in [0.15, 0.2) is 28.7 Å². The molecule has 0 saturated carbocycles. The van der Waals surface area contributed by atoms with Crippen molar-refractivity contribution in [2.75, 3.05) is 18.9 Å². The van der Waals surface area contributed by atoms with Crippen LogP contribution in [0.25, 0.3) is 22.3 Å². The average Bonchev–Trinajstić information content (AvgIpc) is 3.73. The van der Waals surface area contributed by atoms with Gasteiger partial charge >= 0.3 is 0 Å². The predicted molar refractivity (Wildman–Crippen MR) is 253 cm³/mol. The van der Waals surface area contributed by atoms with Crippen LogP contribution in [0.5, 0.6) is 0 Å². The molecule has 6 rings (SSSR count). The maximum Gasteiger partial charge on any atom is 0.171 e. The van der Waals surface area contributed by atoms with Gasteiger partial charge in [-0.1, -0.05) is 141 Å². The maximum atomic E-state index is 13.4. The molecule has 0 spiro atoms. The van der Waals surface area contributed by atoms with E-state index in [1.54, 1.807) is 12.4 Å². The third-order valence-corrected chi connectivity index (χ3v) is 13.2. The van der Waals surface area contributed by atoms with E-state index in [-0.39, 0.29) is 11.6 Å². The van der Waals surface area contributed by atoms with Crippen molar-refractivity contribution in [3.63, 3.8) is 0 Å². The Morgan fingerprint density at radius 3 is 1.46 bits per heavy atom. The van der Waals surface area contributed by atoms with E-state index in [1.807, 2.05) is 118 Å². The van der Waals surface area contributed by atoms with E-state index in [9.17, 15) is 9.59 Å². The number of nitrogens with zero attached hydrogens (tertiary/aromatic N) is 7. The highest BCUT2D eigenvalue weighted by atomic mass is 28.3. The average molecular weight is 861 g/mol. The van der Waals surface area contributed by atoms with E-state index in [0.717, 1.165) is 28.9 Å². The second kappa shape index (κ2) is 19.3. The van der Waals surface area contributed by atoms with E-state index in [2.05, 4.69) is 49.3 Å². The van der Waals surface area contributed by atoms with E-state index in [1.165, 1.54) is 6.20 Å². The number of hydrogen-bond donors (Lipinski definition) is 1. The van der Waals surface area contributed by atoms with Crippen LogP contribution >= 0.6 is 0 Å². The summed E-state index contributed by atoms with van der Waals surface area (Å²) >= 11 is 0. The van der Waals surface area contributed by atoms with Gasteiger partial charge in [-0.3, -0.25) is 9.59 Å². The summed E-state index contributed by atoms with van der Waals surface area (Å²) in [5, 5.41) is 0. The molecule has 14 heteroatoms. The number of anilines is 1. The van der Waals surface area contributed by atoms with Gasteiger partial charge < -0.3 is 24.3 Å². The molecule has 2 aromatic carbocycles. The molecule has 2 N–H and O–H groups in total. The highest BCUT2D eigenvalue weighted by molar-refractivity contribution is 6.76. The van der Waals surface area contributed by atoms with Crippen molar-refractivity contribution in [3.8, 4) is 0 Å². The summed E-state index contributed by atoms with van der Waals surface area (Å²) in [7, 11) is -2.32. The fraction of sp³-hybridized carbons (Fsp3) is 0.426. The molecule has 12 nitrogen and oxygen atoms in total. The minimum absolute atomic E-state index is 0.0140. The lowest BCUT2D eigenvalue weighted by Crippen LogP contribution is -2.22. The minimum atomic E-state index is -1.20. The molecule has 0 saturated heterocycles. The SMILES string of the molecule is CC(C)(C)C(=O)c1cn(COCC[Si](C)(C)C)c2ncc(N)nc12.CC(C)(C)C(=O)c1cn(COCC[Si](C)(C)C)c2ncc(N=C(c3ccccc3)c3ccccc3)nc12. The van der Waals surface area contributed by atoms with Crippen molar-refractivity contribution in [2.45, 2.75) is 106 Å². The summed E-state index contributed by atoms with van der Waals surface area (Å²) in [6, 6.07) is 22.2. The van der Waals surface area contributed by atoms with Gasteiger partial charge in [0.25, 0.3) is 0 Å². The Morgan fingerprint density at radius 1 is 0.639 bits per heavy atom. The number of fused-ring (bicyclic) bond motifs is 2. The Kier molecular flexibility index (Phi) is 14.8. The van der Waals surface area contributed by atoms with Gasteiger partial charge in [-0.05, 0) is 12.1 Å². The van der Waals surface area contributed by atoms with Gasteiger partial charge in [0.1, 0.15) is 30.3 Å². The summed E-state index contributed by atoms with van der Waals surface area (Å²) in [6.07, 6.45) is 6.78. The first-order valence-electron chi connectivity index (χ1n) is 20.9. The largest absolute Gasteiger partial charge is 0.382 e. The molecule has 4 aromatic heterocycles. The minimum Gasteiger partial charge on any atom is -0.382 e. The number of nitrogen functional groups attached to an aromatic ring is 1. The summed E-state index contributed by atoms with van der Waals surface area (Å²) in [5.41, 5.74) is 10.9. The second-order valence-corrected chi connectivity index (χ2v) is 31.2. The molecule has 61 heavy (non-hydrogen) atoms. The van der Waals surface area contributed by atoms with E-state index < -0.39 is 27.0 Å². The van der Waals surface area contributed by atoms with Crippen molar-refractivity contribution in [1.82, 2.24) is 29.1 Å². The maximum absolute atomic E-state index is 13.4. The molecule has 0 aliphatic rings. The van der Waals surface area contributed by atoms with Gasteiger partial charge in [-0.15, -0.1) is 0 Å². The van der Waals surface area contributed by atoms with Crippen molar-refractivity contribution in [2.24, 2.45) is 15.8 Å². The molecule has 0 atom stereocenters. The van der Waals surface area contributed by atoms with Gasteiger partial charge in [-0.25, -0.2) is 24.9 Å². The quantitative estimate of drug-likeness (QED) is 0.0460. The number of ether oxygens (including phenoxy) is 2. The van der Waals surface area contributed by atoms with Crippen LogP contribution < -0.4 is 5.73 Å². The Hall–Kier alpha value is -5.16. The summed E-state index contributed by atoms with van der Waals surface area (Å²) in [5.74, 6) is 0.798. The number of aliphatic imine (C=N–C) groups is 1. The van der Waals surface area contributed by atoms with Crippen molar-refractivity contribution in [3.05, 3.63) is 108 Å². The first-order valence-corrected chi connectivity index (χ1v) is 28.4. The van der Waals surface area contributed by atoms with Crippen LogP contribution in [-0.4, -0.2) is 75.7 Å². The zero-order valence-corrected chi connectivity index (χ0v) is 40.2. The number of nitrogens with two attached hydrogens (primary N) is 1. The van der Waals surface area contributed by atoms with Crippen molar-refractivity contribution >= 4 is 67.4 Å². The fourth-order valence-corrected chi connectivity index (χ4v) is 7.70. The van der Waals surface area contributed by atoms with Crippen LogP contribution in [0.3, 0.4) is 0 Å². The van der Waals surface area contributed by atoms with Crippen LogP contribution in [-0.2, 0) is 22.9 Å². The summed E-state index contributed by atoms with van der Waals surface area (Å²) in [4.78, 5) is 49.2. The monoisotopic (exact) mass is 860 g/mol. The van der Waals surface area contributed by atoms with Gasteiger partial charge in [0, 0.05) is 63.7 Å². The lowest BCUT2D eigenvalue weighted by Gasteiger charge is -2.16. The summed E-state index contributed by atoms with van der Waals surface area (Å²) < 4.78 is 15.5. The van der Waals surface area contributed by atoms with E-state index >= 15 is 0 Å². The Labute approximate surface area is 363 Å². The van der Waals surface area contributed by atoms with Gasteiger partial charge in [0.2, 0.25) is 0 Å². The highest BCUT2D eigenvalue weighted by Gasteiger charge is 2.29. The number of ketones is 2. The van der Waals surface area contributed by atoms with E-state index in [0.29, 0.717) is 71.8 Å². The molecule has 324 valence electrons. The third kappa shape index (κ3) is 12.9. The molecule has 0 fully saturated rings. The lowest BCUT2D eigenvalue weighted by atomic mass is 9.87. The number of benzene rings is 2. The Morgan fingerprint density at radius 2 is 1.05 bits per heavy atom. The first-order chi connectivity index (χ1) is 28.5. The number of hydrogen-bond acceptors (Lipinski definition) is 10. The lowest BCUT2D eigenvalue weighted by molar-refractivity contribution is 0.0842. The zero-order valence-electron chi connectivity index (χ0n) is 38.2. The Balaban J connectivity index is 0.000000254. The molecule has 0 aliphatic carbocycles. The molecule has 0 bridgehead atoms.